The zero-order valence-electron chi connectivity index (χ0n) is 18.8. The molecule has 0 radical (unpaired) electrons. The van der Waals surface area contributed by atoms with E-state index in [4.69, 9.17) is 23.2 Å². The molecule has 0 aromatic heterocycles. The molecular formula is C25H29Cl2F3N2O. The average molecular weight is 501 g/mol. The molecule has 1 fully saturated rings. The third-order valence-electron chi connectivity index (χ3n) is 6.07. The number of rotatable bonds is 7. The Hall–Kier alpha value is -1.76. The first kappa shape index (κ1) is 25.9. The van der Waals surface area contributed by atoms with Crippen LogP contribution in [0, 0.1) is 12.8 Å². The molecule has 8 heteroatoms. The number of nitrogens with zero attached hydrogens (tertiary/aromatic N) is 1. The van der Waals surface area contributed by atoms with E-state index in [1.54, 1.807) is 31.2 Å². The predicted molar refractivity (Wildman–Crippen MR) is 127 cm³/mol. The summed E-state index contributed by atoms with van der Waals surface area (Å²) in [4.78, 5) is 15.6. The largest absolute Gasteiger partial charge is 0.416 e. The van der Waals surface area contributed by atoms with Crippen LogP contribution in [0.3, 0.4) is 0 Å². The van der Waals surface area contributed by atoms with Gasteiger partial charge in [0, 0.05) is 13.1 Å². The molecule has 0 spiro atoms. The van der Waals surface area contributed by atoms with Crippen LogP contribution in [0.4, 0.5) is 13.2 Å². The number of nitrogens with one attached hydrogen (secondary N) is 1. The fourth-order valence-electron chi connectivity index (χ4n) is 4.42. The van der Waals surface area contributed by atoms with Crippen LogP contribution in [0.15, 0.2) is 36.4 Å². The van der Waals surface area contributed by atoms with E-state index in [0.29, 0.717) is 33.5 Å². The van der Waals surface area contributed by atoms with Gasteiger partial charge in [-0.05, 0) is 80.6 Å². The molecule has 1 heterocycles. The van der Waals surface area contributed by atoms with Gasteiger partial charge in [-0.1, -0.05) is 47.8 Å². The summed E-state index contributed by atoms with van der Waals surface area (Å²) in [7, 11) is 0. The Morgan fingerprint density at radius 3 is 2.61 bits per heavy atom. The van der Waals surface area contributed by atoms with E-state index in [9.17, 15) is 18.0 Å². The van der Waals surface area contributed by atoms with Gasteiger partial charge in [-0.3, -0.25) is 4.79 Å². The van der Waals surface area contributed by atoms with Crippen LogP contribution >= 0.6 is 23.2 Å². The summed E-state index contributed by atoms with van der Waals surface area (Å²) in [6, 6.07) is 8.98. The Morgan fingerprint density at radius 2 is 1.94 bits per heavy atom. The number of amides is 1. The molecular weight excluding hydrogens is 472 g/mol. The van der Waals surface area contributed by atoms with Crippen LogP contribution in [0.2, 0.25) is 10.0 Å². The van der Waals surface area contributed by atoms with Crippen molar-refractivity contribution in [3.05, 3.63) is 68.7 Å². The molecule has 1 aliphatic heterocycles. The Labute approximate surface area is 203 Å². The molecule has 1 aliphatic rings. The summed E-state index contributed by atoms with van der Waals surface area (Å²) in [6.07, 6.45) is -1.50. The van der Waals surface area contributed by atoms with Crippen molar-refractivity contribution in [2.45, 2.75) is 51.7 Å². The second-order valence-electron chi connectivity index (χ2n) is 8.99. The van der Waals surface area contributed by atoms with Crippen molar-refractivity contribution in [3.8, 4) is 0 Å². The van der Waals surface area contributed by atoms with E-state index in [1.807, 2.05) is 0 Å². The van der Waals surface area contributed by atoms with Crippen LogP contribution in [-0.4, -0.2) is 30.4 Å². The summed E-state index contributed by atoms with van der Waals surface area (Å²) in [5.74, 6) is -0.0995. The molecule has 0 saturated carbocycles. The quantitative estimate of drug-likeness (QED) is 0.451. The van der Waals surface area contributed by atoms with Crippen molar-refractivity contribution < 1.29 is 18.0 Å². The molecule has 0 bridgehead atoms. The van der Waals surface area contributed by atoms with Crippen LogP contribution in [-0.2, 0) is 17.5 Å². The van der Waals surface area contributed by atoms with E-state index in [2.05, 4.69) is 17.1 Å². The summed E-state index contributed by atoms with van der Waals surface area (Å²) in [5, 5.41) is 3.61. The molecule has 1 N–H and O–H groups in total. The number of likely N-dealkylation sites (tertiary alicyclic amines) is 1. The molecule has 3 nitrogen and oxygen atoms in total. The maximum Gasteiger partial charge on any atom is 0.416 e. The number of aryl methyl sites for hydroxylation is 1. The molecule has 1 amide bonds. The highest BCUT2D eigenvalue weighted by molar-refractivity contribution is 6.42. The van der Waals surface area contributed by atoms with Gasteiger partial charge in [0.05, 0.1) is 21.5 Å². The minimum atomic E-state index is -4.43. The van der Waals surface area contributed by atoms with Gasteiger partial charge in [0.1, 0.15) is 0 Å². The van der Waals surface area contributed by atoms with Crippen molar-refractivity contribution in [2.75, 3.05) is 19.6 Å². The number of benzene rings is 2. The lowest BCUT2D eigenvalue weighted by molar-refractivity contribution is -0.137. The first-order valence-corrected chi connectivity index (χ1v) is 11.9. The molecule has 2 aromatic rings. The van der Waals surface area contributed by atoms with Crippen LogP contribution in [0.25, 0.3) is 0 Å². The van der Waals surface area contributed by atoms with Gasteiger partial charge in [0.25, 0.3) is 0 Å². The van der Waals surface area contributed by atoms with Gasteiger partial charge in [0.2, 0.25) is 5.91 Å². The third-order valence-corrected chi connectivity index (χ3v) is 6.81. The van der Waals surface area contributed by atoms with Gasteiger partial charge in [-0.2, -0.15) is 13.2 Å². The maximum absolute atomic E-state index is 13.2. The topological polar surface area (TPSA) is 32.3 Å². The maximum atomic E-state index is 13.2. The molecule has 33 heavy (non-hydrogen) atoms. The van der Waals surface area contributed by atoms with E-state index in [1.165, 1.54) is 6.42 Å². The summed E-state index contributed by atoms with van der Waals surface area (Å²) < 4.78 is 39.5. The van der Waals surface area contributed by atoms with E-state index >= 15 is 0 Å². The lowest BCUT2D eigenvalue weighted by Crippen LogP contribution is -2.37. The average Bonchev–Trinajstić information content (AvgIpc) is 2.74. The summed E-state index contributed by atoms with van der Waals surface area (Å²) in [5.41, 5.74) is 0.932. The molecule has 2 aromatic carbocycles. The predicted octanol–water partition coefficient (Wildman–Crippen LogP) is 6.84. The Morgan fingerprint density at radius 1 is 1.18 bits per heavy atom. The second-order valence-corrected chi connectivity index (χ2v) is 9.80. The fraction of sp³-hybridized carbons (Fsp3) is 0.480. The lowest BCUT2D eigenvalue weighted by atomic mass is 9.93. The van der Waals surface area contributed by atoms with Crippen molar-refractivity contribution in [1.82, 2.24) is 10.2 Å². The molecule has 0 aliphatic carbocycles. The number of piperidine rings is 1. The Balaban J connectivity index is 1.74. The lowest BCUT2D eigenvalue weighted by Gasteiger charge is -2.32. The molecule has 1 saturated heterocycles. The Kier molecular flexibility index (Phi) is 8.70. The SMILES string of the molecule is Cc1cc(CNC(=O)C(CCN2CCCC(C)C2)c2ccc(Cl)c(Cl)c2)cc(C(F)(F)F)c1. The summed E-state index contributed by atoms with van der Waals surface area (Å²) >= 11 is 12.3. The van der Waals surface area contributed by atoms with E-state index in [-0.39, 0.29) is 12.5 Å². The number of carbonyl (C=O) groups is 1. The third kappa shape index (κ3) is 7.36. The van der Waals surface area contributed by atoms with Crippen LogP contribution in [0.1, 0.15) is 54.4 Å². The normalized spacial score (nSPS) is 18.2. The van der Waals surface area contributed by atoms with Crippen LogP contribution < -0.4 is 5.32 Å². The highest BCUT2D eigenvalue weighted by atomic mass is 35.5. The van der Waals surface area contributed by atoms with Crippen molar-refractivity contribution in [3.63, 3.8) is 0 Å². The minimum Gasteiger partial charge on any atom is -0.351 e. The zero-order valence-corrected chi connectivity index (χ0v) is 20.3. The molecule has 180 valence electrons. The van der Waals surface area contributed by atoms with Crippen LogP contribution in [0.5, 0.6) is 0 Å². The monoisotopic (exact) mass is 500 g/mol. The minimum absolute atomic E-state index is 0.0160. The van der Waals surface area contributed by atoms with Crippen molar-refractivity contribution in [2.24, 2.45) is 5.92 Å². The Bertz CT molecular complexity index is 981. The zero-order chi connectivity index (χ0) is 24.2. The van der Waals surface area contributed by atoms with Crippen molar-refractivity contribution >= 4 is 29.1 Å². The molecule has 2 atom stereocenters. The second kappa shape index (κ2) is 11.1. The highest BCUT2D eigenvalue weighted by Gasteiger charge is 2.31. The smallest absolute Gasteiger partial charge is 0.351 e. The number of carbonyl (C=O) groups excluding carboxylic acids is 1. The summed E-state index contributed by atoms with van der Waals surface area (Å²) in [6.45, 7) is 6.61. The van der Waals surface area contributed by atoms with E-state index in [0.717, 1.165) is 43.8 Å². The number of halogens is 5. The van der Waals surface area contributed by atoms with Gasteiger partial charge in [0.15, 0.2) is 0 Å². The number of alkyl halides is 3. The van der Waals surface area contributed by atoms with Crippen molar-refractivity contribution in [1.29, 1.82) is 0 Å². The highest BCUT2D eigenvalue weighted by Crippen LogP contribution is 2.31. The van der Waals surface area contributed by atoms with Gasteiger partial charge >= 0.3 is 6.18 Å². The molecule has 3 rings (SSSR count). The first-order chi connectivity index (χ1) is 15.5. The standard InChI is InChI=1S/C25H29Cl2F3N2O/c1-16-4-3-8-32(15-16)9-7-21(19-5-6-22(26)23(27)13-19)24(33)31-14-18-10-17(2)11-20(12-18)25(28,29)30/h5-6,10-13,16,21H,3-4,7-9,14-15H2,1-2H3,(H,31,33). The molecule has 2 unspecified atom stereocenters. The first-order valence-electron chi connectivity index (χ1n) is 11.2. The van der Waals surface area contributed by atoms with Gasteiger partial charge in [-0.25, -0.2) is 0 Å². The van der Waals surface area contributed by atoms with E-state index < -0.39 is 17.7 Å². The number of hydrogen-bond acceptors (Lipinski definition) is 2. The number of hydrogen-bond donors (Lipinski definition) is 1. The fourth-order valence-corrected chi connectivity index (χ4v) is 4.73. The van der Waals surface area contributed by atoms with Gasteiger partial charge < -0.3 is 10.2 Å². The van der Waals surface area contributed by atoms with Gasteiger partial charge in [-0.15, -0.1) is 0 Å².